The Bertz CT molecular complexity index is 1470. The summed E-state index contributed by atoms with van der Waals surface area (Å²) in [5, 5.41) is 2.59. The Balaban J connectivity index is 1.76. The highest BCUT2D eigenvalue weighted by Gasteiger charge is 2.39. The number of imidazole rings is 1. The van der Waals surface area contributed by atoms with Gasteiger partial charge in [-0.25, -0.2) is 4.98 Å². The van der Waals surface area contributed by atoms with E-state index in [4.69, 9.17) is 4.98 Å². The minimum atomic E-state index is -3.06. The van der Waals surface area contributed by atoms with Crippen LogP contribution in [0.25, 0.3) is 27.8 Å². The van der Waals surface area contributed by atoms with Gasteiger partial charge in [0.25, 0.3) is 0 Å². The summed E-state index contributed by atoms with van der Waals surface area (Å²) in [6, 6.07) is 32.4. The van der Waals surface area contributed by atoms with Crippen LogP contribution in [0.1, 0.15) is 5.82 Å². The average Bonchev–Trinajstić information content (AvgIpc) is 3.15. The molecular formula is C26H19N2OP. The highest BCUT2D eigenvalue weighted by Crippen LogP contribution is 2.49. The predicted octanol–water partition coefficient (Wildman–Crippen LogP) is 4.95. The number of hydrogen-bond acceptors (Lipinski definition) is 2. The van der Waals surface area contributed by atoms with Crippen LogP contribution in [0.2, 0.25) is 0 Å². The van der Waals surface area contributed by atoms with Gasteiger partial charge in [0, 0.05) is 15.9 Å². The zero-order valence-corrected chi connectivity index (χ0v) is 17.4. The van der Waals surface area contributed by atoms with Crippen LogP contribution in [0.15, 0.2) is 97.1 Å². The first-order valence-corrected chi connectivity index (χ1v) is 11.7. The summed E-state index contributed by atoms with van der Waals surface area (Å²) in [5.74, 6) is 0.908. The number of hydrogen-bond donors (Lipinski definition) is 0. The van der Waals surface area contributed by atoms with Gasteiger partial charge in [0.2, 0.25) is 0 Å². The molecule has 1 aliphatic heterocycles. The Hall–Kier alpha value is -3.42. The fourth-order valence-corrected chi connectivity index (χ4v) is 7.63. The van der Waals surface area contributed by atoms with Crippen LogP contribution in [-0.4, -0.2) is 9.55 Å². The predicted molar refractivity (Wildman–Crippen MR) is 124 cm³/mol. The number of rotatable bonds is 2. The van der Waals surface area contributed by atoms with Crippen LogP contribution in [-0.2, 0) is 4.57 Å². The Morgan fingerprint density at radius 2 is 1.47 bits per heavy atom. The van der Waals surface area contributed by atoms with Gasteiger partial charge in [-0.05, 0) is 42.3 Å². The fourth-order valence-electron chi connectivity index (χ4n) is 4.59. The van der Waals surface area contributed by atoms with Crippen LogP contribution in [0.4, 0.5) is 0 Å². The van der Waals surface area contributed by atoms with Gasteiger partial charge in [-0.3, -0.25) is 4.57 Å². The number of fused-ring (bicyclic) bond motifs is 2. The topological polar surface area (TPSA) is 34.9 Å². The summed E-state index contributed by atoms with van der Waals surface area (Å²) in [6.07, 6.45) is 0. The molecule has 0 N–H and O–H groups in total. The Morgan fingerprint density at radius 1 is 0.733 bits per heavy atom. The number of benzene rings is 4. The molecule has 0 saturated carbocycles. The molecule has 1 atom stereocenters. The minimum absolute atomic E-state index is 0.856. The van der Waals surface area contributed by atoms with Crippen molar-refractivity contribution in [2.45, 2.75) is 6.92 Å². The van der Waals surface area contributed by atoms with Crippen LogP contribution < -0.4 is 15.9 Å². The molecular weight excluding hydrogens is 387 g/mol. The molecule has 1 unspecified atom stereocenters. The summed E-state index contributed by atoms with van der Waals surface area (Å²) >= 11 is 0. The van der Waals surface area contributed by atoms with Crippen LogP contribution in [0.5, 0.6) is 0 Å². The first-order valence-electron chi connectivity index (χ1n) is 10.0. The second-order valence-electron chi connectivity index (χ2n) is 7.65. The molecule has 0 fully saturated rings. The molecule has 2 heterocycles. The van der Waals surface area contributed by atoms with Crippen molar-refractivity contribution in [3.8, 4) is 16.8 Å². The summed E-state index contributed by atoms with van der Waals surface area (Å²) in [5.41, 5.74) is 4.99. The van der Waals surface area contributed by atoms with E-state index in [1.807, 2.05) is 73.7 Å². The lowest BCUT2D eigenvalue weighted by molar-refractivity contribution is 0.592. The molecule has 0 saturated heterocycles. The van der Waals surface area contributed by atoms with Gasteiger partial charge in [-0.2, -0.15) is 0 Å². The molecule has 0 spiro atoms. The zero-order chi connectivity index (χ0) is 20.3. The standard InChI is InChI=1S/C26H19N2OP/c1-18-27-22-13-8-14-24-26(22)28(18)23-16-15-20(19-9-4-2-5-10-19)17-25(23)30(24,29)21-11-6-3-7-12-21/h2-17H,1H3. The highest BCUT2D eigenvalue weighted by atomic mass is 31.2. The maximum Gasteiger partial charge on any atom is 0.175 e. The molecule has 30 heavy (non-hydrogen) atoms. The minimum Gasteiger partial charge on any atom is -0.308 e. The van der Waals surface area contributed by atoms with Crippen LogP contribution in [0.3, 0.4) is 0 Å². The molecule has 144 valence electrons. The highest BCUT2D eigenvalue weighted by molar-refractivity contribution is 7.86. The second kappa shape index (κ2) is 6.29. The van der Waals surface area contributed by atoms with E-state index in [0.717, 1.165) is 49.6 Å². The summed E-state index contributed by atoms with van der Waals surface area (Å²) in [4.78, 5) is 4.77. The van der Waals surface area contributed by atoms with E-state index in [0.29, 0.717) is 0 Å². The van der Waals surface area contributed by atoms with E-state index in [-0.39, 0.29) is 0 Å². The van der Waals surface area contributed by atoms with E-state index in [1.165, 1.54) is 0 Å². The van der Waals surface area contributed by atoms with Gasteiger partial charge in [0.05, 0.1) is 16.7 Å². The Labute approximate surface area is 175 Å². The van der Waals surface area contributed by atoms with Crippen LogP contribution in [0, 0.1) is 6.92 Å². The molecule has 0 amide bonds. The van der Waals surface area contributed by atoms with E-state index in [9.17, 15) is 0 Å². The summed E-state index contributed by atoms with van der Waals surface area (Å²) in [6.45, 7) is 2.01. The van der Waals surface area contributed by atoms with Gasteiger partial charge in [-0.15, -0.1) is 0 Å². The quantitative estimate of drug-likeness (QED) is 0.381. The first kappa shape index (κ1) is 17.4. The molecule has 5 aromatic rings. The van der Waals surface area contributed by atoms with Gasteiger partial charge in [-0.1, -0.05) is 72.8 Å². The SMILES string of the molecule is Cc1nc2cccc3c2n1-c1ccc(-c2ccccc2)cc1P3(=O)c1ccccc1. The third kappa shape index (κ3) is 2.27. The zero-order valence-electron chi connectivity index (χ0n) is 16.5. The maximum absolute atomic E-state index is 15.0. The smallest absolute Gasteiger partial charge is 0.175 e. The first-order chi connectivity index (χ1) is 14.7. The van der Waals surface area contributed by atoms with Crippen LogP contribution >= 0.6 is 7.14 Å². The number of aromatic nitrogens is 2. The normalized spacial score (nSPS) is 17.1. The summed E-state index contributed by atoms with van der Waals surface area (Å²) in [7, 11) is -3.06. The third-order valence-electron chi connectivity index (χ3n) is 5.94. The monoisotopic (exact) mass is 406 g/mol. The van der Waals surface area contributed by atoms with Crippen molar-refractivity contribution < 1.29 is 4.57 Å². The second-order valence-corrected chi connectivity index (χ2v) is 10.4. The van der Waals surface area contributed by atoms with E-state index in [1.54, 1.807) is 0 Å². The third-order valence-corrected chi connectivity index (χ3v) is 9.05. The molecule has 3 nitrogen and oxygen atoms in total. The lowest BCUT2D eigenvalue weighted by Gasteiger charge is -2.29. The van der Waals surface area contributed by atoms with Gasteiger partial charge in [0.15, 0.2) is 7.14 Å². The largest absolute Gasteiger partial charge is 0.308 e. The van der Waals surface area contributed by atoms with Crippen molar-refractivity contribution in [1.29, 1.82) is 0 Å². The summed E-state index contributed by atoms with van der Waals surface area (Å²) < 4.78 is 17.2. The molecule has 4 heteroatoms. The fraction of sp³-hybridized carbons (Fsp3) is 0.0385. The van der Waals surface area contributed by atoms with E-state index >= 15 is 4.57 Å². The number of aryl methyl sites for hydroxylation is 1. The van der Waals surface area contributed by atoms with Crippen molar-refractivity contribution in [3.05, 3.63) is 103 Å². The lowest BCUT2D eigenvalue weighted by atomic mass is 10.1. The molecule has 1 aromatic heterocycles. The molecule has 1 aliphatic rings. The van der Waals surface area contributed by atoms with Crippen molar-refractivity contribution in [2.75, 3.05) is 0 Å². The van der Waals surface area contributed by atoms with Gasteiger partial charge in [0.1, 0.15) is 5.82 Å². The van der Waals surface area contributed by atoms with E-state index in [2.05, 4.69) is 34.9 Å². The number of para-hydroxylation sites is 1. The molecule has 4 aromatic carbocycles. The van der Waals surface area contributed by atoms with Crippen molar-refractivity contribution in [1.82, 2.24) is 9.55 Å². The molecule has 0 aliphatic carbocycles. The maximum atomic E-state index is 15.0. The van der Waals surface area contributed by atoms with Crippen molar-refractivity contribution >= 4 is 34.1 Å². The Morgan fingerprint density at radius 3 is 2.23 bits per heavy atom. The Kier molecular flexibility index (Phi) is 3.65. The average molecular weight is 406 g/mol. The molecule has 6 rings (SSSR count). The molecule has 0 radical (unpaired) electrons. The van der Waals surface area contributed by atoms with Crippen molar-refractivity contribution in [2.24, 2.45) is 0 Å². The van der Waals surface area contributed by atoms with Gasteiger partial charge >= 0.3 is 0 Å². The lowest BCUT2D eigenvalue weighted by Crippen LogP contribution is -2.33. The van der Waals surface area contributed by atoms with Gasteiger partial charge < -0.3 is 4.57 Å². The number of nitrogens with zero attached hydrogens (tertiary/aromatic N) is 2. The molecule has 0 bridgehead atoms. The van der Waals surface area contributed by atoms with Crippen molar-refractivity contribution in [3.63, 3.8) is 0 Å². The van der Waals surface area contributed by atoms with E-state index < -0.39 is 7.14 Å².